The Kier molecular flexibility index (Phi) is 14.8. The number of hydrogen-bond donors (Lipinski definition) is 3. The van der Waals surface area contributed by atoms with Crippen molar-refractivity contribution in [2.24, 2.45) is 5.73 Å². The fraction of sp³-hybridized carbons (Fsp3) is 0.667. The Morgan fingerprint density at radius 3 is 1.90 bits per heavy atom. The van der Waals surface area contributed by atoms with Crippen LogP contribution in [-0.2, 0) is 13.1 Å². The molecule has 3 nitrogen and oxygen atoms in total. The maximum atomic E-state index is 5.57. The molecule has 1 rings (SSSR count). The summed E-state index contributed by atoms with van der Waals surface area (Å²) in [5.41, 5.74) is 8.09. The van der Waals surface area contributed by atoms with E-state index in [0.717, 1.165) is 26.2 Å². The molecule has 0 aliphatic rings. The predicted molar refractivity (Wildman–Crippen MR) is 94.4 cm³/mol. The topological polar surface area (TPSA) is 50.1 Å². The van der Waals surface area contributed by atoms with Crippen LogP contribution in [0.4, 0.5) is 0 Å². The van der Waals surface area contributed by atoms with E-state index in [0.29, 0.717) is 6.54 Å². The number of rotatable bonds is 10. The van der Waals surface area contributed by atoms with Gasteiger partial charge in [0.2, 0.25) is 0 Å². The SMILES string of the molecule is CCC.CCCCNCCCNCc1ccc(CN)cc1. The van der Waals surface area contributed by atoms with Crippen molar-refractivity contribution in [3.8, 4) is 0 Å². The average Bonchev–Trinajstić information content (AvgIpc) is 2.51. The summed E-state index contributed by atoms with van der Waals surface area (Å²) >= 11 is 0. The lowest BCUT2D eigenvalue weighted by Crippen LogP contribution is -2.22. The molecule has 3 heteroatoms. The van der Waals surface area contributed by atoms with Crippen LogP contribution in [0.1, 0.15) is 57.6 Å². The highest BCUT2D eigenvalue weighted by molar-refractivity contribution is 5.22. The van der Waals surface area contributed by atoms with Gasteiger partial charge in [0, 0.05) is 13.1 Å². The number of nitrogens with one attached hydrogen (secondary N) is 2. The molecule has 0 aliphatic carbocycles. The summed E-state index contributed by atoms with van der Waals surface area (Å²) in [6, 6.07) is 8.50. The van der Waals surface area contributed by atoms with E-state index in [-0.39, 0.29) is 0 Å². The Morgan fingerprint density at radius 2 is 1.33 bits per heavy atom. The van der Waals surface area contributed by atoms with Gasteiger partial charge in [0.05, 0.1) is 0 Å². The van der Waals surface area contributed by atoms with E-state index in [1.807, 2.05) is 0 Å². The molecule has 4 N–H and O–H groups in total. The van der Waals surface area contributed by atoms with E-state index < -0.39 is 0 Å². The summed E-state index contributed by atoms with van der Waals surface area (Å²) in [5.74, 6) is 0. The van der Waals surface area contributed by atoms with Crippen molar-refractivity contribution in [1.82, 2.24) is 10.6 Å². The molecule has 0 spiro atoms. The summed E-state index contributed by atoms with van der Waals surface area (Å²) in [6.07, 6.45) is 4.98. The van der Waals surface area contributed by atoms with Gasteiger partial charge in [-0.3, -0.25) is 0 Å². The summed E-state index contributed by atoms with van der Waals surface area (Å²) in [5, 5.41) is 6.90. The molecule has 0 saturated heterocycles. The zero-order valence-electron chi connectivity index (χ0n) is 14.3. The molecule has 0 unspecified atom stereocenters. The number of nitrogens with two attached hydrogens (primary N) is 1. The minimum absolute atomic E-state index is 0.622. The largest absolute Gasteiger partial charge is 0.326 e. The molecule has 0 aliphatic heterocycles. The van der Waals surface area contributed by atoms with Crippen molar-refractivity contribution in [1.29, 1.82) is 0 Å². The lowest BCUT2D eigenvalue weighted by molar-refractivity contribution is 0.581. The van der Waals surface area contributed by atoms with Crippen LogP contribution in [0.25, 0.3) is 0 Å². The summed E-state index contributed by atoms with van der Waals surface area (Å²) < 4.78 is 0. The van der Waals surface area contributed by atoms with Crippen LogP contribution in [0, 0.1) is 0 Å². The molecule has 0 bridgehead atoms. The molecular weight excluding hydrogens is 258 g/mol. The Hall–Kier alpha value is -0.900. The van der Waals surface area contributed by atoms with E-state index in [2.05, 4.69) is 55.7 Å². The minimum atomic E-state index is 0.622. The summed E-state index contributed by atoms with van der Waals surface area (Å²) in [4.78, 5) is 0. The third kappa shape index (κ3) is 12.5. The van der Waals surface area contributed by atoms with Crippen molar-refractivity contribution >= 4 is 0 Å². The lowest BCUT2D eigenvalue weighted by Gasteiger charge is -2.06. The van der Waals surface area contributed by atoms with Crippen LogP contribution in [0.2, 0.25) is 0 Å². The first kappa shape index (κ1) is 20.1. The van der Waals surface area contributed by atoms with Gasteiger partial charge in [-0.25, -0.2) is 0 Å². The molecule has 0 heterocycles. The van der Waals surface area contributed by atoms with E-state index in [1.165, 1.54) is 36.8 Å². The van der Waals surface area contributed by atoms with Crippen LogP contribution < -0.4 is 16.4 Å². The second-order valence-electron chi connectivity index (χ2n) is 5.36. The predicted octanol–water partition coefficient (Wildman–Crippen LogP) is 3.43. The molecule has 21 heavy (non-hydrogen) atoms. The Balaban J connectivity index is 0.00000122. The first-order chi connectivity index (χ1) is 10.3. The summed E-state index contributed by atoms with van der Waals surface area (Å²) in [6.45, 7) is 11.4. The van der Waals surface area contributed by atoms with Crippen molar-refractivity contribution in [3.63, 3.8) is 0 Å². The van der Waals surface area contributed by atoms with Gasteiger partial charge in [-0.2, -0.15) is 0 Å². The van der Waals surface area contributed by atoms with Gasteiger partial charge in [-0.15, -0.1) is 0 Å². The Labute approximate surface area is 131 Å². The molecule has 0 fully saturated rings. The van der Waals surface area contributed by atoms with E-state index in [9.17, 15) is 0 Å². The quantitative estimate of drug-likeness (QED) is 0.579. The number of hydrogen-bond acceptors (Lipinski definition) is 3. The molecule has 1 aromatic carbocycles. The normalized spacial score (nSPS) is 10.1. The van der Waals surface area contributed by atoms with E-state index in [4.69, 9.17) is 5.73 Å². The zero-order chi connectivity index (χ0) is 15.8. The van der Waals surface area contributed by atoms with Crippen LogP contribution in [0.3, 0.4) is 0 Å². The molecular formula is C18H35N3. The highest BCUT2D eigenvalue weighted by Gasteiger charge is 1.93. The van der Waals surface area contributed by atoms with Crippen LogP contribution >= 0.6 is 0 Å². The van der Waals surface area contributed by atoms with Gasteiger partial charge < -0.3 is 16.4 Å². The summed E-state index contributed by atoms with van der Waals surface area (Å²) in [7, 11) is 0. The second kappa shape index (κ2) is 15.5. The monoisotopic (exact) mass is 293 g/mol. The molecule has 0 radical (unpaired) electrons. The standard InChI is InChI=1S/C15H27N3.C3H8/c1-2-3-9-17-10-4-11-18-13-15-7-5-14(12-16)6-8-15;1-3-2/h5-8,17-18H,2-4,9-13,16H2,1H3;3H2,1-2H3. The number of unbranched alkanes of at least 4 members (excludes halogenated alkanes) is 1. The van der Waals surface area contributed by atoms with Gasteiger partial charge in [0.25, 0.3) is 0 Å². The molecule has 1 aromatic rings. The highest BCUT2D eigenvalue weighted by atomic mass is 14.9. The van der Waals surface area contributed by atoms with Gasteiger partial charge >= 0.3 is 0 Å². The Morgan fingerprint density at radius 1 is 0.810 bits per heavy atom. The fourth-order valence-electron chi connectivity index (χ4n) is 1.79. The Bertz CT molecular complexity index is 309. The van der Waals surface area contributed by atoms with Gasteiger partial charge in [-0.05, 0) is 43.6 Å². The highest BCUT2D eigenvalue weighted by Crippen LogP contribution is 2.03. The zero-order valence-corrected chi connectivity index (χ0v) is 14.3. The molecule has 0 amide bonds. The second-order valence-corrected chi connectivity index (χ2v) is 5.36. The van der Waals surface area contributed by atoms with Crippen molar-refractivity contribution in [2.45, 2.75) is 59.5 Å². The van der Waals surface area contributed by atoms with Crippen LogP contribution in [-0.4, -0.2) is 19.6 Å². The molecule has 0 aromatic heterocycles. The van der Waals surface area contributed by atoms with E-state index in [1.54, 1.807) is 0 Å². The average molecular weight is 293 g/mol. The maximum absolute atomic E-state index is 5.57. The van der Waals surface area contributed by atoms with Crippen molar-refractivity contribution < 1.29 is 0 Å². The van der Waals surface area contributed by atoms with Crippen LogP contribution in [0.5, 0.6) is 0 Å². The van der Waals surface area contributed by atoms with Gasteiger partial charge in [-0.1, -0.05) is 57.9 Å². The third-order valence-corrected chi connectivity index (χ3v) is 3.00. The van der Waals surface area contributed by atoms with E-state index >= 15 is 0 Å². The van der Waals surface area contributed by atoms with Gasteiger partial charge in [0.1, 0.15) is 0 Å². The first-order valence-corrected chi connectivity index (χ1v) is 8.47. The molecule has 0 atom stereocenters. The minimum Gasteiger partial charge on any atom is -0.326 e. The molecule has 122 valence electrons. The number of benzene rings is 1. The van der Waals surface area contributed by atoms with Crippen molar-refractivity contribution in [2.75, 3.05) is 19.6 Å². The molecule has 0 saturated carbocycles. The third-order valence-electron chi connectivity index (χ3n) is 3.00. The fourth-order valence-corrected chi connectivity index (χ4v) is 1.79. The first-order valence-electron chi connectivity index (χ1n) is 8.47. The smallest absolute Gasteiger partial charge is 0.0205 e. The van der Waals surface area contributed by atoms with Gasteiger partial charge in [0.15, 0.2) is 0 Å². The lowest BCUT2D eigenvalue weighted by atomic mass is 10.1. The van der Waals surface area contributed by atoms with Crippen LogP contribution in [0.15, 0.2) is 24.3 Å². The maximum Gasteiger partial charge on any atom is 0.0205 e. The van der Waals surface area contributed by atoms with Crippen molar-refractivity contribution in [3.05, 3.63) is 35.4 Å².